The summed E-state index contributed by atoms with van der Waals surface area (Å²) in [5, 5.41) is 12.0. The molecule has 0 aromatic carbocycles. The van der Waals surface area contributed by atoms with E-state index < -0.39 is 0 Å². The Morgan fingerprint density at radius 1 is 1.29 bits per heavy atom. The van der Waals surface area contributed by atoms with Gasteiger partial charge in [-0.25, -0.2) is 0 Å². The lowest BCUT2D eigenvalue weighted by Gasteiger charge is -2.32. The van der Waals surface area contributed by atoms with E-state index >= 15 is 0 Å². The predicted molar refractivity (Wildman–Crippen MR) is 67.9 cm³/mol. The summed E-state index contributed by atoms with van der Waals surface area (Å²) in [4.78, 5) is 2.48. The molecule has 1 aromatic rings. The van der Waals surface area contributed by atoms with Gasteiger partial charge < -0.3 is 9.88 Å². The van der Waals surface area contributed by atoms with Gasteiger partial charge in [-0.3, -0.25) is 4.90 Å². The lowest BCUT2D eigenvalue weighted by atomic mass is 10.2. The molecule has 1 aliphatic heterocycles. The van der Waals surface area contributed by atoms with E-state index in [0.29, 0.717) is 6.04 Å². The average molecular weight is 237 g/mol. The molecule has 1 unspecified atom stereocenters. The Labute approximate surface area is 103 Å². The summed E-state index contributed by atoms with van der Waals surface area (Å²) in [7, 11) is 0. The smallest absolute Gasteiger partial charge is 0.150 e. The molecule has 96 valence electrons. The van der Waals surface area contributed by atoms with Crippen LogP contribution >= 0.6 is 0 Å². The first kappa shape index (κ1) is 12.5. The van der Waals surface area contributed by atoms with E-state index in [1.54, 1.807) is 0 Å². The number of hydrogen-bond donors (Lipinski definition) is 1. The van der Waals surface area contributed by atoms with Gasteiger partial charge >= 0.3 is 0 Å². The quantitative estimate of drug-likeness (QED) is 0.847. The molecule has 17 heavy (non-hydrogen) atoms. The fourth-order valence-corrected chi connectivity index (χ4v) is 2.44. The topological polar surface area (TPSA) is 46.0 Å². The number of nitrogens with one attached hydrogen (secondary N) is 1. The zero-order chi connectivity index (χ0) is 12.3. The van der Waals surface area contributed by atoms with E-state index in [2.05, 4.69) is 38.8 Å². The Morgan fingerprint density at radius 2 is 2.00 bits per heavy atom. The van der Waals surface area contributed by atoms with Gasteiger partial charge in [-0.05, 0) is 20.3 Å². The summed E-state index contributed by atoms with van der Waals surface area (Å²) in [6, 6.07) is 0.366. The van der Waals surface area contributed by atoms with E-state index in [1.165, 1.54) is 0 Å². The molecule has 0 aliphatic carbocycles. The largest absolute Gasteiger partial charge is 0.314 e. The minimum absolute atomic E-state index is 0.366. The maximum absolute atomic E-state index is 4.36. The monoisotopic (exact) mass is 237 g/mol. The predicted octanol–water partition coefficient (Wildman–Crippen LogP) is 0.963. The van der Waals surface area contributed by atoms with Gasteiger partial charge in [-0.2, -0.15) is 0 Å². The number of aryl methyl sites for hydroxylation is 1. The number of hydrogen-bond acceptors (Lipinski definition) is 4. The molecule has 0 bridgehead atoms. The molecule has 5 heteroatoms. The van der Waals surface area contributed by atoms with Crippen molar-refractivity contribution in [2.75, 3.05) is 26.2 Å². The summed E-state index contributed by atoms with van der Waals surface area (Å²) in [5.41, 5.74) is 0. The number of piperazine rings is 1. The molecule has 1 N–H and O–H groups in total. The van der Waals surface area contributed by atoms with Gasteiger partial charge in [0.1, 0.15) is 11.6 Å². The van der Waals surface area contributed by atoms with Crippen molar-refractivity contribution >= 4 is 0 Å². The highest BCUT2D eigenvalue weighted by Crippen LogP contribution is 2.19. The second-order valence-electron chi connectivity index (χ2n) is 4.72. The van der Waals surface area contributed by atoms with Crippen LogP contribution in [-0.2, 0) is 6.54 Å². The van der Waals surface area contributed by atoms with Gasteiger partial charge in [0.25, 0.3) is 0 Å². The molecular weight excluding hydrogens is 214 g/mol. The first-order valence-electron chi connectivity index (χ1n) is 6.58. The van der Waals surface area contributed by atoms with Gasteiger partial charge in [-0.15, -0.1) is 10.2 Å². The fraction of sp³-hybridized carbons (Fsp3) is 0.833. The first-order valence-corrected chi connectivity index (χ1v) is 6.58. The van der Waals surface area contributed by atoms with E-state index in [4.69, 9.17) is 0 Å². The van der Waals surface area contributed by atoms with Crippen LogP contribution in [0.5, 0.6) is 0 Å². The maximum atomic E-state index is 4.36. The van der Waals surface area contributed by atoms with E-state index in [1.807, 2.05) is 6.92 Å². The van der Waals surface area contributed by atoms with Crippen molar-refractivity contribution in [1.29, 1.82) is 0 Å². The third kappa shape index (κ3) is 2.66. The number of nitrogens with zero attached hydrogens (tertiary/aromatic N) is 4. The second-order valence-corrected chi connectivity index (χ2v) is 4.72. The van der Waals surface area contributed by atoms with Gasteiger partial charge in [0.2, 0.25) is 0 Å². The molecule has 5 nitrogen and oxygen atoms in total. The zero-order valence-corrected chi connectivity index (χ0v) is 11.1. The highest BCUT2D eigenvalue weighted by molar-refractivity contribution is 5.00. The second kappa shape index (κ2) is 5.60. The molecule has 1 aromatic heterocycles. The van der Waals surface area contributed by atoms with E-state index in [9.17, 15) is 0 Å². The molecule has 0 radical (unpaired) electrons. The highest BCUT2D eigenvalue weighted by atomic mass is 15.3. The third-order valence-corrected chi connectivity index (χ3v) is 3.48. The fourth-order valence-electron chi connectivity index (χ4n) is 2.44. The van der Waals surface area contributed by atoms with Crippen molar-refractivity contribution in [3.8, 4) is 0 Å². The van der Waals surface area contributed by atoms with Gasteiger partial charge in [0.15, 0.2) is 0 Å². The Hall–Kier alpha value is -0.940. The van der Waals surface area contributed by atoms with Crippen LogP contribution in [0.1, 0.15) is 38.0 Å². The molecule has 0 amide bonds. The van der Waals surface area contributed by atoms with Gasteiger partial charge in [-0.1, -0.05) is 6.92 Å². The van der Waals surface area contributed by atoms with Crippen molar-refractivity contribution in [1.82, 2.24) is 25.0 Å². The number of rotatable bonds is 4. The molecule has 1 aliphatic rings. The average Bonchev–Trinajstić information content (AvgIpc) is 2.72. The molecule has 2 heterocycles. The lowest BCUT2D eigenvalue weighted by molar-refractivity contribution is 0.175. The van der Waals surface area contributed by atoms with Gasteiger partial charge in [0, 0.05) is 32.7 Å². The lowest BCUT2D eigenvalue weighted by Crippen LogP contribution is -2.45. The van der Waals surface area contributed by atoms with Crippen LogP contribution in [0, 0.1) is 6.92 Å². The minimum Gasteiger partial charge on any atom is -0.314 e. The molecule has 1 fully saturated rings. The number of aromatic nitrogens is 3. The molecule has 1 saturated heterocycles. The zero-order valence-electron chi connectivity index (χ0n) is 11.1. The molecule has 1 atom stereocenters. The first-order chi connectivity index (χ1) is 8.24. The van der Waals surface area contributed by atoms with E-state index in [0.717, 1.165) is 50.8 Å². The van der Waals surface area contributed by atoms with Crippen LogP contribution < -0.4 is 5.32 Å². The third-order valence-electron chi connectivity index (χ3n) is 3.48. The SMILES string of the molecule is CCCn1c(C)nnc1C(C)N1CCNCC1. The maximum Gasteiger partial charge on any atom is 0.150 e. The van der Waals surface area contributed by atoms with Crippen molar-refractivity contribution in [3.63, 3.8) is 0 Å². The Kier molecular flexibility index (Phi) is 4.12. The van der Waals surface area contributed by atoms with Crippen LogP contribution in [0.2, 0.25) is 0 Å². The van der Waals surface area contributed by atoms with Crippen LogP contribution in [0.15, 0.2) is 0 Å². The molecule has 2 rings (SSSR count). The Bertz CT molecular complexity index is 354. The van der Waals surface area contributed by atoms with Crippen molar-refractivity contribution < 1.29 is 0 Å². The standard InChI is InChI=1S/C12H23N5/c1-4-7-17-11(3)14-15-12(17)10(2)16-8-5-13-6-9-16/h10,13H,4-9H2,1-3H3. The molecular formula is C12H23N5. The molecule has 0 saturated carbocycles. The van der Waals surface area contributed by atoms with Crippen molar-refractivity contribution in [3.05, 3.63) is 11.6 Å². The Balaban J connectivity index is 2.14. The van der Waals surface area contributed by atoms with Crippen molar-refractivity contribution in [2.24, 2.45) is 0 Å². The van der Waals surface area contributed by atoms with Crippen LogP contribution in [0.25, 0.3) is 0 Å². The van der Waals surface area contributed by atoms with Crippen molar-refractivity contribution in [2.45, 2.75) is 39.8 Å². The summed E-state index contributed by atoms with van der Waals surface area (Å²) < 4.78 is 2.26. The summed E-state index contributed by atoms with van der Waals surface area (Å²) in [6.45, 7) is 11.8. The summed E-state index contributed by atoms with van der Waals surface area (Å²) >= 11 is 0. The Morgan fingerprint density at radius 3 is 2.65 bits per heavy atom. The van der Waals surface area contributed by atoms with Crippen LogP contribution in [0.4, 0.5) is 0 Å². The van der Waals surface area contributed by atoms with Crippen LogP contribution in [0.3, 0.4) is 0 Å². The normalized spacial score (nSPS) is 19.5. The van der Waals surface area contributed by atoms with Gasteiger partial charge in [0.05, 0.1) is 6.04 Å². The minimum atomic E-state index is 0.366. The highest BCUT2D eigenvalue weighted by Gasteiger charge is 2.22. The summed E-state index contributed by atoms with van der Waals surface area (Å²) in [6.07, 6.45) is 1.13. The summed E-state index contributed by atoms with van der Waals surface area (Å²) in [5.74, 6) is 2.15. The van der Waals surface area contributed by atoms with Crippen LogP contribution in [-0.4, -0.2) is 45.8 Å². The molecule has 0 spiro atoms. The van der Waals surface area contributed by atoms with E-state index in [-0.39, 0.29) is 0 Å².